The molecule has 0 spiro atoms. The fourth-order valence-corrected chi connectivity index (χ4v) is 0. The van der Waals surface area contributed by atoms with E-state index < -0.39 is 0 Å². The normalized spacial score (nSPS) is 7.71. The van der Waals surface area contributed by atoms with Crippen LogP contribution >= 0.6 is 12.9 Å². The van der Waals surface area contributed by atoms with E-state index >= 15 is 0 Å². The Hall–Kier alpha value is 1.21. The molecule has 0 saturated carbocycles. The van der Waals surface area contributed by atoms with Crippen LogP contribution in [0.1, 0.15) is 13.8 Å². The van der Waals surface area contributed by atoms with E-state index in [4.69, 9.17) is 5.11 Å². The van der Waals surface area contributed by atoms with Crippen LogP contribution in [0, 0.1) is 5.92 Å². The number of aliphatic hydroxyl groups excluding tert-OH is 1. The Morgan fingerprint density at radius 2 is 1.71 bits per heavy atom. The second-order valence-corrected chi connectivity index (χ2v) is 1.58. The van der Waals surface area contributed by atoms with Crippen LogP contribution in [0.3, 0.4) is 0 Å². The standard InChI is InChI=1S/C4H10O.BrH.Mg/c1-4(2)3-5;;/h4-5H,3H2,1-2H3;1H;/q;;+3/p-1. The first-order valence-corrected chi connectivity index (χ1v) is 6.05. The average Bonchev–Trinajstić information content (AvgIpc) is 1.73. The summed E-state index contributed by atoms with van der Waals surface area (Å²) in [4.78, 5) is 0. The fourth-order valence-electron chi connectivity index (χ4n) is 0. The molecule has 0 amide bonds. The number of aliphatic hydroxyl groups is 1. The average molecular weight is 178 g/mol. The van der Waals surface area contributed by atoms with Crippen molar-refractivity contribution in [2.24, 2.45) is 5.92 Å². The van der Waals surface area contributed by atoms with E-state index in [1.807, 2.05) is 13.8 Å². The van der Waals surface area contributed by atoms with Gasteiger partial charge in [-0.15, -0.1) is 0 Å². The van der Waals surface area contributed by atoms with Gasteiger partial charge in [-0.3, -0.25) is 0 Å². The predicted molar refractivity (Wildman–Crippen MR) is 36.6 cm³/mol. The molecule has 7 heavy (non-hydrogen) atoms. The Balaban J connectivity index is 0. The largest absolute Gasteiger partial charge is 1.52 e. The van der Waals surface area contributed by atoms with Crippen LogP contribution in [0.4, 0.5) is 0 Å². The minimum absolute atomic E-state index is 0.306. The number of halogens is 1. The Morgan fingerprint density at radius 3 is 1.71 bits per heavy atom. The van der Waals surface area contributed by atoms with Crippen LogP contribution in [0.2, 0.25) is 0 Å². The summed E-state index contributed by atoms with van der Waals surface area (Å²) in [5.41, 5.74) is 0. The summed E-state index contributed by atoms with van der Waals surface area (Å²) in [6, 6.07) is 0. The lowest BCUT2D eigenvalue weighted by molar-refractivity contribution is 0.248. The van der Waals surface area contributed by atoms with Crippen molar-refractivity contribution in [3.63, 3.8) is 0 Å². The molecule has 3 heteroatoms. The van der Waals surface area contributed by atoms with Crippen molar-refractivity contribution >= 4 is 32.4 Å². The van der Waals surface area contributed by atoms with Gasteiger partial charge in [-0.1, -0.05) is 13.8 Å². The molecule has 0 aliphatic heterocycles. The minimum atomic E-state index is 0.306. The quantitative estimate of drug-likeness (QED) is 0.596. The Bertz CT molecular complexity index is 25.7. The zero-order valence-corrected chi connectivity index (χ0v) is 7.82. The molecule has 0 aliphatic rings. The van der Waals surface area contributed by atoms with Crippen molar-refractivity contribution < 1.29 is 5.11 Å². The third-order valence-electron chi connectivity index (χ3n) is 0.365. The summed E-state index contributed by atoms with van der Waals surface area (Å²) in [5, 5.41) is 8.14. The Kier molecular flexibility index (Phi) is 16.2. The van der Waals surface area contributed by atoms with E-state index in [0.717, 1.165) is 0 Å². The van der Waals surface area contributed by atoms with Crippen molar-refractivity contribution in [1.82, 2.24) is 0 Å². The third-order valence-corrected chi connectivity index (χ3v) is 0.365. The summed E-state index contributed by atoms with van der Waals surface area (Å²) >= 11 is 4.64. The highest BCUT2D eigenvalue weighted by molar-refractivity contribution is 9.22. The molecule has 0 aliphatic carbocycles. The third kappa shape index (κ3) is 19.0. The minimum Gasteiger partial charge on any atom is -0.396 e. The predicted octanol–water partition coefficient (Wildman–Crippen LogP) is 1.10. The van der Waals surface area contributed by atoms with E-state index in [9.17, 15) is 0 Å². The Labute approximate surface area is 63.8 Å². The molecule has 39 valence electrons. The highest BCUT2D eigenvalue weighted by Crippen LogP contribution is 1.83. The van der Waals surface area contributed by atoms with Crippen molar-refractivity contribution in [3.05, 3.63) is 0 Å². The maximum atomic E-state index is 8.14. The van der Waals surface area contributed by atoms with Gasteiger partial charge in [0.05, 0.1) is 0 Å². The zero-order valence-electron chi connectivity index (χ0n) is 4.82. The highest BCUT2D eigenvalue weighted by Gasteiger charge is 2.13. The lowest BCUT2D eigenvalue weighted by Gasteiger charge is -1.90. The van der Waals surface area contributed by atoms with Crippen LogP contribution in [0.5, 0.6) is 0 Å². The Morgan fingerprint density at radius 1 is 1.57 bits per heavy atom. The monoisotopic (exact) mass is 177 g/mol. The van der Waals surface area contributed by atoms with E-state index in [-0.39, 0.29) is 0 Å². The summed E-state index contributed by atoms with van der Waals surface area (Å²) in [5.74, 6) is 0.440. The molecular formula is C4H10BrMgO+2. The number of hydrogen-bond donors (Lipinski definition) is 1. The van der Waals surface area contributed by atoms with E-state index in [1.165, 1.54) is 0 Å². The second kappa shape index (κ2) is 10.2. The van der Waals surface area contributed by atoms with Gasteiger partial charge >= 0.3 is 32.4 Å². The van der Waals surface area contributed by atoms with Crippen LogP contribution < -0.4 is 0 Å². The first-order chi connectivity index (χ1) is 3.27. The molecule has 0 bridgehead atoms. The van der Waals surface area contributed by atoms with E-state index in [2.05, 4.69) is 12.9 Å². The van der Waals surface area contributed by atoms with Gasteiger partial charge < -0.3 is 5.11 Å². The summed E-state index contributed by atoms with van der Waals surface area (Å²) < 4.78 is 0. The first-order valence-electron chi connectivity index (χ1n) is 2.15. The first kappa shape index (κ1) is 11.1. The summed E-state index contributed by atoms with van der Waals surface area (Å²) in [6.45, 7) is 4.25. The van der Waals surface area contributed by atoms with Gasteiger partial charge in [0.1, 0.15) is 0 Å². The van der Waals surface area contributed by atoms with Crippen molar-refractivity contribution in [3.8, 4) is 0 Å². The SMILES string of the molecule is CC(C)CO.[Mg+2][Br]. The molecule has 7 radical (unpaired) electrons. The lowest BCUT2D eigenvalue weighted by atomic mass is 10.2. The molecule has 0 saturated heterocycles. The molecule has 0 unspecified atom stereocenters. The fraction of sp³-hybridized carbons (Fsp3) is 1.00. The molecule has 0 rings (SSSR count). The maximum absolute atomic E-state index is 8.14. The highest BCUT2D eigenvalue weighted by atomic mass is 79.9. The van der Waals surface area contributed by atoms with Crippen molar-refractivity contribution in [1.29, 1.82) is 0 Å². The molecule has 0 aromatic heterocycles. The van der Waals surface area contributed by atoms with Crippen molar-refractivity contribution in [2.75, 3.05) is 6.61 Å². The maximum Gasteiger partial charge on any atom is 1.52 e. The summed E-state index contributed by atoms with van der Waals surface area (Å²) in [7, 11) is 0. The van der Waals surface area contributed by atoms with Gasteiger partial charge in [0, 0.05) is 6.61 Å². The van der Waals surface area contributed by atoms with Crippen molar-refractivity contribution in [2.45, 2.75) is 13.8 Å². The second-order valence-electron chi connectivity index (χ2n) is 1.58. The smallest absolute Gasteiger partial charge is 0.396 e. The number of hydrogen-bond acceptors (Lipinski definition) is 1. The van der Waals surface area contributed by atoms with Crippen LogP contribution in [0.15, 0.2) is 0 Å². The number of rotatable bonds is 1. The molecule has 0 fully saturated rings. The molecular weight excluding hydrogens is 168 g/mol. The van der Waals surface area contributed by atoms with Gasteiger partial charge in [0.15, 0.2) is 0 Å². The van der Waals surface area contributed by atoms with Crippen LogP contribution in [0.25, 0.3) is 0 Å². The lowest BCUT2D eigenvalue weighted by Crippen LogP contribution is -1.90. The van der Waals surface area contributed by atoms with Gasteiger partial charge in [0.2, 0.25) is 0 Å². The molecule has 1 N–H and O–H groups in total. The molecule has 1 nitrogen and oxygen atoms in total. The van der Waals surface area contributed by atoms with Gasteiger partial charge in [-0.05, 0) is 5.92 Å². The molecule has 0 aromatic rings. The zero-order chi connectivity index (χ0) is 6.28. The van der Waals surface area contributed by atoms with E-state index in [1.54, 1.807) is 19.5 Å². The van der Waals surface area contributed by atoms with Gasteiger partial charge in [0.25, 0.3) is 0 Å². The molecule has 0 heterocycles. The molecule has 0 aromatic carbocycles. The van der Waals surface area contributed by atoms with Crippen LogP contribution in [-0.2, 0) is 0 Å². The van der Waals surface area contributed by atoms with Gasteiger partial charge in [-0.25, -0.2) is 0 Å². The topological polar surface area (TPSA) is 20.2 Å². The van der Waals surface area contributed by atoms with Crippen LogP contribution in [-0.4, -0.2) is 31.3 Å². The summed E-state index contributed by atoms with van der Waals surface area (Å²) in [6.07, 6.45) is 0. The molecule has 0 atom stereocenters. The van der Waals surface area contributed by atoms with E-state index in [0.29, 0.717) is 12.5 Å². The van der Waals surface area contributed by atoms with Gasteiger partial charge in [-0.2, -0.15) is 0 Å².